The van der Waals surface area contributed by atoms with Crippen molar-refractivity contribution in [3.05, 3.63) is 0 Å². The average molecular weight is 214 g/mol. The number of unbranched alkanes of at least 4 members (excludes halogenated alkanes) is 3. The van der Waals surface area contributed by atoms with Gasteiger partial charge in [0.05, 0.1) is 0 Å². The monoisotopic (exact) mass is 214 g/mol. The number of carbonyl (C=O) groups is 1. The van der Waals surface area contributed by atoms with Crippen LogP contribution in [-0.2, 0) is 4.79 Å². The second-order valence-electron chi connectivity index (χ2n) is 4.96. The van der Waals surface area contributed by atoms with Crippen molar-refractivity contribution in [2.45, 2.75) is 52.9 Å². The fourth-order valence-electron chi connectivity index (χ4n) is 1.21. The molecule has 0 saturated heterocycles. The number of carbonyl (C=O) groups excluding carboxylic acids is 1. The molecule has 0 aromatic carbocycles. The molecule has 3 heteroatoms. The van der Waals surface area contributed by atoms with Crippen molar-refractivity contribution in [2.75, 3.05) is 13.1 Å². The van der Waals surface area contributed by atoms with Crippen LogP contribution in [0.5, 0.6) is 0 Å². The highest BCUT2D eigenvalue weighted by molar-refractivity contribution is 5.75. The lowest BCUT2D eigenvalue weighted by Crippen LogP contribution is -2.38. The number of nitrogens with one attached hydrogen (secondary N) is 1. The van der Waals surface area contributed by atoms with E-state index < -0.39 is 0 Å². The van der Waals surface area contributed by atoms with Crippen molar-refractivity contribution >= 4 is 5.91 Å². The normalized spacial score (nSPS) is 11.5. The van der Waals surface area contributed by atoms with Gasteiger partial charge in [-0.15, -0.1) is 0 Å². The molecule has 0 rings (SSSR count). The maximum atomic E-state index is 11.4. The zero-order valence-electron chi connectivity index (χ0n) is 10.4. The van der Waals surface area contributed by atoms with E-state index in [2.05, 4.69) is 26.1 Å². The Morgan fingerprint density at radius 1 is 1.27 bits per heavy atom. The van der Waals surface area contributed by atoms with Crippen molar-refractivity contribution < 1.29 is 4.79 Å². The van der Waals surface area contributed by atoms with Gasteiger partial charge < -0.3 is 11.1 Å². The summed E-state index contributed by atoms with van der Waals surface area (Å²) in [5, 5.41) is 2.93. The van der Waals surface area contributed by atoms with Crippen LogP contribution in [0, 0.1) is 5.41 Å². The van der Waals surface area contributed by atoms with Gasteiger partial charge in [-0.2, -0.15) is 0 Å². The summed E-state index contributed by atoms with van der Waals surface area (Å²) in [7, 11) is 0. The Morgan fingerprint density at radius 3 is 2.47 bits per heavy atom. The summed E-state index contributed by atoms with van der Waals surface area (Å²) in [6.45, 7) is 7.57. The van der Waals surface area contributed by atoms with E-state index >= 15 is 0 Å². The molecule has 0 aliphatic carbocycles. The summed E-state index contributed by atoms with van der Waals surface area (Å²) < 4.78 is 0. The standard InChI is InChI=1S/C12H26N2O/c1-4-5-6-7-8-11(15)14-10-12(2,3)9-13/h4-10,13H2,1-3H3,(H,14,15). The molecule has 3 nitrogen and oxygen atoms in total. The van der Waals surface area contributed by atoms with Gasteiger partial charge in [0.1, 0.15) is 0 Å². The second-order valence-corrected chi connectivity index (χ2v) is 4.96. The van der Waals surface area contributed by atoms with Gasteiger partial charge in [0, 0.05) is 13.0 Å². The molecular weight excluding hydrogens is 188 g/mol. The minimum atomic E-state index is 0.0130. The first-order valence-electron chi connectivity index (χ1n) is 5.98. The minimum Gasteiger partial charge on any atom is -0.356 e. The zero-order chi connectivity index (χ0) is 11.7. The van der Waals surface area contributed by atoms with E-state index in [4.69, 9.17) is 5.73 Å². The predicted molar refractivity (Wildman–Crippen MR) is 64.6 cm³/mol. The molecule has 0 spiro atoms. The third kappa shape index (κ3) is 8.43. The Bertz CT molecular complexity index is 178. The highest BCUT2D eigenvalue weighted by Gasteiger charge is 2.16. The minimum absolute atomic E-state index is 0.0130. The molecule has 0 aliphatic rings. The van der Waals surface area contributed by atoms with E-state index in [1.807, 2.05) is 0 Å². The van der Waals surface area contributed by atoms with E-state index in [1.165, 1.54) is 12.8 Å². The smallest absolute Gasteiger partial charge is 0.220 e. The van der Waals surface area contributed by atoms with Gasteiger partial charge in [0.15, 0.2) is 0 Å². The number of hydrogen-bond acceptors (Lipinski definition) is 2. The largest absolute Gasteiger partial charge is 0.356 e. The van der Waals surface area contributed by atoms with Crippen LogP contribution in [0.15, 0.2) is 0 Å². The number of hydrogen-bond donors (Lipinski definition) is 2. The number of nitrogens with two attached hydrogens (primary N) is 1. The molecule has 0 fully saturated rings. The van der Waals surface area contributed by atoms with Crippen LogP contribution < -0.4 is 11.1 Å². The highest BCUT2D eigenvalue weighted by atomic mass is 16.1. The zero-order valence-corrected chi connectivity index (χ0v) is 10.4. The first-order chi connectivity index (χ1) is 7.02. The maximum Gasteiger partial charge on any atom is 0.220 e. The van der Waals surface area contributed by atoms with Gasteiger partial charge in [-0.05, 0) is 18.4 Å². The summed E-state index contributed by atoms with van der Waals surface area (Å²) in [4.78, 5) is 11.4. The Kier molecular flexibility index (Phi) is 7.39. The van der Waals surface area contributed by atoms with Gasteiger partial charge in [0.2, 0.25) is 5.91 Å². The van der Waals surface area contributed by atoms with Gasteiger partial charge >= 0.3 is 0 Å². The molecule has 0 aromatic rings. The molecular formula is C12H26N2O. The summed E-state index contributed by atoms with van der Waals surface area (Å²) in [5.74, 6) is 0.160. The summed E-state index contributed by atoms with van der Waals surface area (Å²) in [6.07, 6.45) is 5.25. The van der Waals surface area contributed by atoms with E-state index in [1.54, 1.807) is 0 Å². The lowest BCUT2D eigenvalue weighted by molar-refractivity contribution is -0.121. The van der Waals surface area contributed by atoms with Gasteiger partial charge in [-0.3, -0.25) is 4.79 Å². The van der Waals surface area contributed by atoms with Crippen molar-refractivity contribution in [1.82, 2.24) is 5.32 Å². The van der Waals surface area contributed by atoms with E-state index in [9.17, 15) is 4.79 Å². The molecule has 0 heterocycles. The van der Waals surface area contributed by atoms with Crippen LogP contribution in [0.2, 0.25) is 0 Å². The molecule has 15 heavy (non-hydrogen) atoms. The van der Waals surface area contributed by atoms with Gasteiger partial charge in [0.25, 0.3) is 0 Å². The molecule has 3 N–H and O–H groups in total. The van der Waals surface area contributed by atoms with Crippen molar-refractivity contribution in [3.63, 3.8) is 0 Å². The summed E-state index contributed by atoms with van der Waals surface area (Å²) in [6, 6.07) is 0. The molecule has 90 valence electrons. The third-order valence-electron chi connectivity index (χ3n) is 2.57. The Morgan fingerprint density at radius 2 is 1.93 bits per heavy atom. The maximum absolute atomic E-state index is 11.4. The fraction of sp³-hybridized carbons (Fsp3) is 0.917. The Hall–Kier alpha value is -0.570. The van der Waals surface area contributed by atoms with Crippen LogP contribution in [0.3, 0.4) is 0 Å². The van der Waals surface area contributed by atoms with Crippen LogP contribution in [0.1, 0.15) is 52.9 Å². The summed E-state index contributed by atoms with van der Waals surface area (Å²) >= 11 is 0. The van der Waals surface area contributed by atoms with Gasteiger partial charge in [-0.1, -0.05) is 40.0 Å². The molecule has 0 saturated carbocycles. The van der Waals surface area contributed by atoms with Crippen molar-refractivity contribution in [2.24, 2.45) is 11.1 Å². The Labute approximate surface area is 93.8 Å². The lowest BCUT2D eigenvalue weighted by Gasteiger charge is -2.22. The molecule has 0 aliphatic heterocycles. The summed E-state index contributed by atoms with van der Waals surface area (Å²) in [5.41, 5.74) is 5.59. The first kappa shape index (κ1) is 14.4. The number of rotatable bonds is 8. The average Bonchev–Trinajstić information content (AvgIpc) is 2.22. The molecule has 1 amide bonds. The first-order valence-corrected chi connectivity index (χ1v) is 5.98. The van der Waals surface area contributed by atoms with Crippen LogP contribution >= 0.6 is 0 Å². The van der Waals surface area contributed by atoms with E-state index in [0.29, 0.717) is 19.5 Å². The quantitative estimate of drug-likeness (QED) is 0.608. The SMILES string of the molecule is CCCCCCC(=O)NCC(C)(C)CN. The molecule has 0 radical (unpaired) electrons. The molecule has 0 bridgehead atoms. The second kappa shape index (κ2) is 7.69. The van der Waals surface area contributed by atoms with Crippen molar-refractivity contribution in [3.8, 4) is 0 Å². The third-order valence-corrected chi connectivity index (χ3v) is 2.57. The van der Waals surface area contributed by atoms with Crippen LogP contribution in [-0.4, -0.2) is 19.0 Å². The van der Waals surface area contributed by atoms with E-state index in [-0.39, 0.29) is 11.3 Å². The topological polar surface area (TPSA) is 55.1 Å². The fourth-order valence-corrected chi connectivity index (χ4v) is 1.21. The van der Waals surface area contributed by atoms with Crippen LogP contribution in [0.25, 0.3) is 0 Å². The molecule has 0 aromatic heterocycles. The number of amides is 1. The van der Waals surface area contributed by atoms with Crippen LogP contribution in [0.4, 0.5) is 0 Å². The molecule has 0 atom stereocenters. The molecule has 0 unspecified atom stereocenters. The van der Waals surface area contributed by atoms with Crippen molar-refractivity contribution in [1.29, 1.82) is 0 Å². The van der Waals surface area contributed by atoms with Gasteiger partial charge in [-0.25, -0.2) is 0 Å². The Balaban J connectivity index is 3.49. The predicted octanol–water partition coefficient (Wildman–Crippen LogP) is 2.06. The van der Waals surface area contributed by atoms with E-state index in [0.717, 1.165) is 12.8 Å². The highest BCUT2D eigenvalue weighted by Crippen LogP contribution is 2.10. The lowest BCUT2D eigenvalue weighted by atomic mass is 9.94.